The first-order valence-electron chi connectivity index (χ1n) is 6.73. The summed E-state index contributed by atoms with van der Waals surface area (Å²) in [5, 5.41) is 0. The molecule has 0 radical (unpaired) electrons. The zero-order valence-electron chi connectivity index (χ0n) is 12.7. The van der Waals surface area contributed by atoms with Crippen LogP contribution in [0.1, 0.15) is 54.8 Å². The highest BCUT2D eigenvalue weighted by molar-refractivity contribution is 7.99. The third kappa shape index (κ3) is 2.49. The maximum Gasteiger partial charge on any atom is 0.262 e. The van der Waals surface area contributed by atoms with Gasteiger partial charge in [0, 0.05) is 10.3 Å². The minimum atomic E-state index is -0.500. The molecule has 1 heterocycles. The van der Waals surface area contributed by atoms with Crippen LogP contribution in [0.4, 0.5) is 0 Å². The third-order valence-corrected chi connectivity index (χ3v) is 5.06. The Labute approximate surface area is 124 Å². The Bertz CT molecular complexity index is 528. The van der Waals surface area contributed by atoms with Gasteiger partial charge in [0.15, 0.2) is 0 Å². The highest BCUT2D eigenvalue weighted by Crippen LogP contribution is 2.37. The van der Waals surface area contributed by atoms with Gasteiger partial charge in [0.25, 0.3) is 11.8 Å². The van der Waals surface area contributed by atoms with E-state index in [1.54, 1.807) is 36.0 Å². The first-order valence-corrected chi connectivity index (χ1v) is 7.95. The van der Waals surface area contributed by atoms with Crippen LogP contribution in [-0.2, 0) is 0 Å². The molecular weight excluding hydrogens is 270 g/mol. The second-order valence-electron chi connectivity index (χ2n) is 6.44. The zero-order chi connectivity index (χ0) is 15.1. The molecule has 20 heavy (non-hydrogen) atoms. The van der Waals surface area contributed by atoms with Crippen molar-refractivity contribution in [2.24, 2.45) is 0 Å². The van der Waals surface area contributed by atoms with Crippen molar-refractivity contribution in [2.45, 2.75) is 44.4 Å². The predicted octanol–water partition coefficient (Wildman–Crippen LogP) is 3.59. The molecule has 0 saturated carbocycles. The van der Waals surface area contributed by atoms with Crippen LogP contribution in [0.5, 0.6) is 0 Å². The number of thioether (sulfide) groups is 1. The van der Waals surface area contributed by atoms with E-state index in [1.165, 1.54) is 4.90 Å². The Morgan fingerprint density at radius 3 is 1.85 bits per heavy atom. The highest BCUT2D eigenvalue weighted by atomic mass is 32.2. The first-order chi connectivity index (χ1) is 9.19. The van der Waals surface area contributed by atoms with E-state index in [-0.39, 0.29) is 16.6 Å². The lowest BCUT2D eigenvalue weighted by atomic mass is 9.90. The van der Waals surface area contributed by atoms with Crippen molar-refractivity contribution in [3.8, 4) is 0 Å². The Morgan fingerprint density at radius 1 is 1.00 bits per heavy atom. The van der Waals surface area contributed by atoms with E-state index in [1.807, 2.05) is 13.8 Å². The van der Waals surface area contributed by atoms with Gasteiger partial charge in [0.1, 0.15) is 0 Å². The average Bonchev–Trinajstić information content (AvgIpc) is 2.62. The molecule has 2 amide bonds. The second kappa shape index (κ2) is 4.92. The fourth-order valence-corrected chi connectivity index (χ4v) is 3.43. The van der Waals surface area contributed by atoms with E-state index < -0.39 is 5.54 Å². The van der Waals surface area contributed by atoms with Crippen molar-refractivity contribution in [3.05, 3.63) is 35.4 Å². The molecule has 0 unspecified atom stereocenters. The van der Waals surface area contributed by atoms with Gasteiger partial charge in [-0.05, 0) is 38.7 Å². The molecule has 1 aromatic carbocycles. The van der Waals surface area contributed by atoms with Crippen LogP contribution < -0.4 is 0 Å². The van der Waals surface area contributed by atoms with Crippen molar-refractivity contribution in [1.82, 2.24) is 4.90 Å². The molecule has 1 aliphatic heterocycles. The van der Waals surface area contributed by atoms with Crippen molar-refractivity contribution >= 4 is 23.6 Å². The predicted molar refractivity (Wildman–Crippen MR) is 83.2 cm³/mol. The number of hydrogen-bond donors (Lipinski definition) is 0. The summed E-state index contributed by atoms with van der Waals surface area (Å²) in [4.78, 5) is 26.5. The van der Waals surface area contributed by atoms with Crippen LogP contribution in [0, 0.1) is 0 Å². The molecular formula is C16H21NO2S. The maximum atomic E-state index is 12.5. The number of nitrogens with zero attached hydrogens (tertiary/aromatic N) is 1. The molecule has 1 aliphatic rings. The molecule has 2 rings (SSSR count). The van der Waals surface area contributed by atoms with Crippen LogP contribution in [-0.4, -0.2) is 33.3 Å². The number of carbonyl (C=O) groups excluding carboxylic acids is 2. The van der Waals surface area contributed by atoms with Gasteiger partial charge in [-0.3, -0.25) is 14.5 Å². The SMILES string of the molecule is CSC(C)(C)CC(C)(C)N1C(=O)c2ccccc2C1=O. The monoisotopic (exact) mass is 291 g/mol. The molecule has 0 spiro atoms. The molecule has 0 saturated heterocycles. The number of rotatable bonds is 4. The first kappa shape index (κ1) is 15.1. The second-order valence-corrected chi connectivity index (χ2v) is 7.96. The lowest BCUT2D eigenvalue weighted by molar-refractivity contribution is 0.0455. The van der Waals surface area contributed by atoms with E-state index in [0.29, 0.717) is 11.1 Å². The van der Waals surface area contributed by atoms with Crippen molar-refractivity contribution in [2.75, 3.05) is 6.26 Å². The number of hydrogen-bond acceptors (Lipinski definition) is 3. The zero-order valence-corrected chi connectivity index (χ0v) is 13.5. The van der Waals surface area contributed by atoms with Crippen molar-refractivity contribution in [3.63, 3.8) is 0 Å². The van der Waals surface area contributed by atoms with E-state index in [9.17, 15) is 9.59 Å². The molecule has 0 atom stereocenters. The minimum Gasteiger partial charge on any atom is -0.269 e. The smallest absolute Gasteiger partial charge is 0.262 e. The van der Waals surface area contributed by atoms with Gasteiger partial charge in [0.2, 0.25) is 0 Å². The molecule has 0 bridgehead atoms. The largest absolute Gasteiger partial charge is 0.269 e. The molecule has 0 fully saturated rings. The Hall–Kier alpha value is -1.29. The Balaban J connectivity index is 2.36. The lowest BCUT2D eigenvalue weighted by Crippen LogP contribution is -2.50. The van der Waals surface area contributed by atoms with Gasteiger partial charge in [-0.15, -0.1) is 0 Å². The van der Waals surface area contributed by atoms with Gasteiger partial charge >= 0.3 is 0 Å². The van der Waals surface area contributed by atoms with Crippen LogP contribution in [0.25, 0.3) is 0 Å². The summed E-state index contributed by atoms with van der Waals surface area (Å²) in [6.07, 6.45) is 2.81. The molecule has 0 N–H and O–H groups in total. The number of carbonyl (C=O) groups is 2. The van der Waals surface area contributed by atoms with Crippen LogP contribution in [0.2, 0.25) is 0 Å². The molecule has 3 nitrogen and oxygen atoms in total. The average molecular weight is 291 g/mol. The van der Waals surface area contributed by atoms with Gasteiger partial charge in [-0.25, -0.2) is 0 Å². The highest BCUT2D eigenvalue weighted by Gasteiger charge is 2.45. The van der Waals surface area contributed by atoms with Gasteiger partial charge in [-0.2, -0.15) is 11.8 Å². The van der Waals surface area contributed by atoms with Crippen molar-refractivity contribution in [1.29, 1.82) is 0 Å². The summed E-state index contributed by atoms with van der Waals surface area (Å²) >= 11 is 1.75. The normalized spacial score (nSPS) is 15.8. The standard InChI is InChI=1S/C16H21NO2S/c1-15(2,10-16(3,4)20-5)17-13(18)11-8-6-7-9-12(11)14(17)19/h6-9H,10H2,1-5H3. The molecule has 1 aromatic rings. The number of benzene rings is 1. The summed E-state index contributed by atoms with van der Waals surface area (Å²) < 4.78 is 0.0127. The summed E-state index contributed by atoms with van der Waals surface area (Å²) in [6.45, 7) is 8.20. The number of fused-ring (bicyclic) bond motifs is 1. The molecule has 0 aromatic heterocycles. The van der Waals surface area contributed by atoms with Gasteiger partial charge in [-0.1, -0.05) is 26.0 Å². The quantitative estimate of drug-likeness (QED) is 0.796. The summed E-state index contributed by atoms with van der Waals surface area (Å²) in [7, 11) is 0. The molecule has 108 valence electrons. The molecule has 4 heteroatoms. The third-order valence-electron chi connectivity index (χ3n) is 3.81. The van der Waals surface area contributed by atoms with Crippen LogP contribution >= 0.6 is 11.8 Å². The fraction of sp³-hybridized carbons (Fsp3) is 0.500. The van der Waals surface area contributed by atoms with Gasteiger partial charge < -0.3 is 0 Å². The van der Waals surface area contributed by atoms with Gasteiger partial charge in [0.05, 0.1) is 11.1 Å². The summed E-state index contributed by atoms with van der Waals surface area (Å²) in [6, 6.07) is 7.05. The lowest BCUT2D eigenvalue weighted by Gasteiger charge is -2.39. The fourth-order valence-electron chi connectivity index (χ4n) is 2.93. The van der Waals surface area contributed by atoms with E-state index >= 15 is 0 Å². The van der Waals surface area contributed by atoms with E-state index in [2.05, 4.69) is 20.1 Å². The number of imide groups is 1. The minimum absolute atomic E-state index is 0.0127. The topological polar surface area (TPSA) is 37.4 Å². The van der Waals surface area contributed by atoms with E-state index in [0.717, 1.165) is 6.42 Å². The Kier molecular flexibility index (Phi) is 3.71. The van der Waals surface area contributed by atoms with E-state index in [4.69, 9.17) is 0 Å². The number of amides is 2. The van der Waals surface area contributed by atoms with Crippen molar-refractivity contribution < 1.29 is 9.59 Å². The van der Waals surface area contributed by atoms with Crippen LogP contribution in [0.3, 0.4) is 0 Å². The summed E-state index contributed by atoms with van der Waals surface area (Å²) in [5.41, 5.74) is 0.541. The Morgan fingerprint density at radius 2 is 1.45 bits per heavy atom. The van der Waals surface area contributed by atoms with Crippen LogP contribution in [0.15, 0.2) is 24.3 Å². The summed E-state index contributed by atoms with van der Waals surface area (Å²) in [5.74, 6) is -0.347. The molecule has 0 aliphatic carbocycles. The maximum absolute atomic E-state index is 12.5.